The summed E-state index contributed by atoms with van der Waals surface area (Å²) in [4.78, 5) is 0. The second kappa shape index (κ2) is 6.57. The maximum Gasteiger partial charge on any atom is 0.119 e. The van der Waals surface area contributed by atoms with E-state index in [0.29, 0.717) is 6.10 Å². The number of benzene rings is 1. The lowest BCUT2D eigenvalue weighted by atomic mass is 10.0. The largest absolute Gasteiger partial charge is 0.491 e. The molecule has 1 rings (SSSR count). The molecule has 0 saturated carbocycles. The third-order valence-corrected chi connectivity index (χ3v) is 2.72. The fourth-order valence-corrected chi connectivity index (χ4v) is 1.79. The van der Waals surface area contributed by atoms with Crippen LogP contribution in [0.25, 0.3) is 0 Å². The van der Waals surface area contributed by atoms with Crippen LogP contribution in [0.5, 0.6) is 5.75 Å². The molecule has 0 fully saturated rings. The summed E-state index contributed by atoms with van der Waals surface area (Å²) >= 11 is 0. The quantitative estimate of drug-likeness (QED) is 0.681. The van der Waals surface area contributed by atoms with Gasteiger partial charge >= 0.3 is 0 Å². The van der Waals surface area contributed by atoms with Crippen LogP contribution in [0.3, 0.4) is 0 Å². The van der Waals surface area contributed by atoms with Gasteiger partial charge in [-0.25, -0.2) is 0 Å². The van der Waals surface area contributed by atoms with E-state index in [1.807, 2.05) is 12.1 Å². The molecule has 0 aliphatic carbocycles. The molecule has 0 amide bonds. The summed E-state index contributed by atoms with van der Waals surface area (Å²) < 4.78 is 5.88. The highest BCUT2D eigenvalue weighted by Gasteiger charge is 2.04. The molecular formula is C15H24O. The average molecular weight is 220 g/mol. The summed E-state index contributed by atoms with van der Waals surface area (Å²) in [5.74, 6) is 1.79. The summed E-state index contributed by atoms with van der Waals surface area (Å²) in [7, 11) is 0. The van der Waals surface area contributed by atoms with Crippen molar-refractivity contribution in [3.8, 4) is 5.75 Å². The summed E-state index contributed by atoms with van der Waals surface area (Å²) in [5, 5.41) is 0. The van der Waals surface area contributed by atoms with Crippen molar-refractivity contribution in [2.24, 2.45) is 5.92 Å². The van der Waals surface area contributed by atoms with Gasteiger partial charge < -0.3 is 4.74 Å². The Morgan fingerprint density at radius 1 is 1.12 bits per heavy atom. The maximum atomic E-state index is 5.88. The van der Waals surface area contributed by atoms with Crippen molar-refractivity contribution in [1.29, 1.82) is 0 Å². The zero-order chi connectivity index (χ0) is 12.0. The Labute approximate surface area is 99.8 Å². The molecule has 1 aromatic rings. The lowest BCUT2D eigenvalue weighted by molar-refractivity contribution is 0.204. The van der Waals surface area contributed by atoms with Crippen molar-refractivity contribution >= 4 is 0 Å². The fourth-order valence-electron chi connectivity index (χ4n) is 1.79. The lowest BCUT2D eigenvalue weighted by Gasteiger charge is -2.15. The van der Waals surface area contributed by atoms with Gasteiger partial charge in [0.15, 0.2) is 0 Å². The van der Waals surface area contributed by atoms with Gasteiger partial charge in [-0.15, -0.1) is 0 Å². The predicted octanol–water partition coefficient (Wildman–Crippen LogP) is 4.59. The van der Waals surface area contributed by atoms with E-state index in [-0.39, 0.29) is 0 Å². The zero-order valence-electron chi connectivity index (χ0n) is 11.0. The van der Waals surface area contributed by atoms with Crippen LogP contribution in [0.4, 0.5) is 0 Å². The average Bonchev–Trinajstić information content (AvgIpc) is 2.16. The first-order chi connectivity index (χ1) is 7.58. The number of aryl methyl sites for hydroxylation is 1. The first-order valence-electron chi connectivity index (χ1n) is 6.31. The highest BCUT2D eigenvalue weighted by molar-refractivity contribution is 5.27. The van der Waals surface area contributed by atoms with Crippen LogP contribution >= 0.6 is 0 Å². The van der Waals surface area contributed by atoms with Crippen molar-refractivity contribution in [2.45, 2.75) is 53.1 Å². The SMILES string of the molecule is Cc1cccc(OC(C)CCCC(C)C)c1. The van der Waals surface area contributed by atoms with E-state index in [4.69, 9.17) is 4.74 Å². The summed E-state index contributed by atoms with van der Waals surface area (Å²) in [5.41, 5.74) is 1.26. The van der Waals surface area contributed by atoms with Gasteiger partial charge in [0, 0.05) is 0 Å². The van der Waals surface area contributed by atoms with E-state index >= 15 is 0 Å². The minimum absolute atomic E-state index is 0.320. The monoisotopic (exact) mass is 220 g/mol. The van der Waals surface area contributed by atoms with E-state index < -0.39 is 0 Å². The Bertz CT molecular complexity index is 304. The Balaban J connectivity index is 2.31. The molecule has 0 radical (unpaired) electrons. The first-order valence-corrected chi connectivity index (χ1v) is 6.31. The Morgan fingerprint density at radius 3 is 2.50 bits per heavy atom. The van der Waals surface area contributed by atoms with Crippen molar-refractivity contribution in [1.82, 2.24) is 0 Å². The number of rotatable bonds is 6. The molecule has 1 atom stereocenters. The number of hydrogen-bond acceptors (Lipinski definition) is 1. The van der Waals surface area contributed by atoms with Gasteiger partial charge in [0.25, 0.3) is 0 Å². The summed E-state index contributed by atoms with van der Waals surface area (Å²) in [6.45, 7) is 8.79. The van der Waals surface area contributed by atoms with Gasteiger partial charge in [0.2, 0.25) is 0 Å². The minimum atomic E-state index is 0.320. The van der Waals surface area contributed by atoms with Crippen molar-refractivity contribution < 1.29 is 4.74 Å². The van der Waals surface area contributed by atoms with Gasteiger partial charge in [0.05, 0.1) is 6.10 Å². The molecule has 90 valence electrons. The molecule has 0 saturated heterocycles. The molecule has 0 N–H and O–H groups in total. The standard InChI is InChI=1S/C15H24O/c1-12(2)7-5-9-14(4)16-15-10-6-8-13(3)11-15/h6,8,10-12,14H,5,7,9H2,1-4H3. The van der Waals surface area contributed by atoms with Crippen LogP contribution in [0.15, 0.2) is 24.3 Å². The van der Waals surface area contributed by atoms with E-state index in [1.165, 1.54) is 18.4 Å². The van der Waals surface area contributed by atoms with Crippen molar-refractivity contribution in [3.63, 3.8) is 0 Å². The van der Waals surface area contributed by atoms with Crippen LogP contribution in [-0.2, 0) is 0 Å². The first kappa shape index (κ1) is 13.1. The number of hydrogen-bond donors (Lipinski definition) is 0. The van der Waals surface area contributed by atoms with Crippen molar-refractivity contribution in [3.05, 3.63) is 29.8 Å². The molecular weight excluding hydrogens is 196 g/mol. The van der Waals surface area contributed by atoms with Gasteiger partial charge in [-0.2, -0.15) is 0 Å². The topological polar surface area (TPSA) is 9.23 Å². The third-order valence-electron chi connectivity index (χ3n) is 2.72. The second-order valence-corrected chi connectivity index (χ2v) is 5.07. The van der Waals surface area contributed by atoms with Crippen LogP contribution in [-0.4, -0.2) is 6.10 Å². The normalized spacial score (nSPS) is 12.8. The third kappa shape index (κ3) is 5.20. The van der Waals surface area contributed by atoms with Crippen LogP contribution in [0.1, 0.15) is 45.6 Å². The second-order valence-electron chi connectivity index (χ2n) is 5.07. The summed E-state index contributed by atoms with van der Waals surface area (Å²) in [6, 6.07) is 8.27. The molecule has 0 spiro atoms. The van der Waals surface area contributed by atoms with E-state index in [0.717, 1.165) is 18.1 Å². The molecule has 1 unspecified atom stereocenters. The van der Waals surface area contributed by atoms with Crippen LogP contribution < -0.4 is 4.74 Å². The molecule has 16 heavy (non-hydrogen) atoms. The van der Waals surface area contributed by atoms with Gasteiger partial charge in [0.1, 0.15) is 5.75 Å². The van der Waals surface area contributed by atoms with Crippen molar-refractivity contribution in [2.75, 3.05) is 0 Å². The fraction of sp³-hybridized carbons (Fsp3) is 0.600. The van der Waals surface area contributed by atoms with Gasteiger partial charge in [-0.3, -0.25) is 0 Å². The van der Waals surface area contributed by atoms with E-state index in [2.05, 4.69) is 39.8 Å². The summed E-state index contributed by atoms with van der Waals surface area (Å²) in [6.07, 6.45) is 4.01. The highest BCUT2D eigenvalue weighted by atomic mass is 16.5. The van der Waals surface area contributed by atoms with E-state index in [1.54, 1.807) is 0 Å². The smallest absolute Gasteiger partial charge is 0.119 e. The van der Waals surface area contributed by atoms with E-state index in [9.17, 15) is 0 Å². The lowest BCUT2D eigenvalue weighted by Crippen LogP contribution is -2.11. The zero-order valence-corrected chi connectivity index (χ0v) is 11.0. The van der Waals surface area contributed by atoms with Gasteiger partial charge in [-0.1, -0.05) is 32.4 Å². The molecule has 0 aliphatic rings. The maximum absolute atomic E-state index is 5.88. The molecule has 0 aromatic heterocycles. The highest BCUT2D eigenvalue weighted by Crippen LogP contribution is 2.17. The molecule has 1 aromatic carbocycles. The molecule has 0 aliphatic heterocycles. The minimum Gasteiger partial charge on any atom is -0.491 e. The Hall–Kier alpha value is -0.980. The van der Waals surface area contributed by atoms with Crippen LogP contribution in [0, 0.1) is 12.8 Å². The molecule has 1 heteroatoms. The Kier molecular flexibility index (Phi) is 5.37. The Morgan fingerprint density at radius 2 is 1.88 bits per heavy atom. The molecule has 0 bridgehead atoms. The van der Waals surface area contributed by atoms with Crippen LogP contribution in [0.2, 0.25) is 0 Å². The predicted molar refractivity (Wildman–Crippen MR) is 70.0 cm³/mol. The molecule has 1 nitrogen and oxygen atoms in total. The number of ether oxygens (including phenoxy) is 1. The van der Waals surface area contributed by atoms with Gasteiger partial charge in [-0.05, 0) is 50.3 Å². The molecule has 0 heterocycles.